The van der Waals surface area contributed by atoms with Crippen molar-refractivity contribution < 1.29 is 13.2 Å². The minimum atomic E-state index is -3.17. The van der Waals surface area contributed by atoms with E-state index in [1.165, 1.54) is 11.3 Å². The fourth-order valence-electron chi connectivity index (χ4n) is 2.87. The molecular formula is C16H24N2O3S. The van der Waals surface area contributed by atoms with Gasteiger partial charge >= 0.3 is 0 Å². The number of hydrogen-bond acceptors (Lipinski definition) is 4. The van der Waals surface area contributed by atoms with Crippen molar-refractivity contribution in [2.75, 3.05) is 44.3 Å². The van der Waals surface area contributed by atoms with Crippen LogP contribution in [0.25, 0.3) is 0 Å². The quantitative estimate of drug-likeness (QED) is 0.845. The summed E-state index contributed by atoms with van der Waals surface area (Å²) in [5.74, 6) is 0.528. The summed E-state index contributed by atoms with van der Waals surface area (Å²) in [5.41, 5.74) is 2.50. The van der Waals surface area contributed by atoms with E-state index in [1.807, 2.05) is 0 Å². The molecule has 5 nitrogen and oxygen atoms in total. The van der Waals surface area contributed by atoms with Crippen LogP contribution in [0.5, 0.6) is 0 Å². The predicted molar refractivity (Wildman–Crippen MR) is 87.8 cm³/mol. The van der Waals surface area contributed by atoms with Gasteiger partial charge in [-0.1, -0.05) is 26.0 Å². The van der Waals surface area contributed by atoms with Crippen molar-refractivity contribution in [1.29, 1.82) is 0 Å². The van der Waals surface area contributed by atoms with Gasteiger partial charge in [0, 0.05) is 31.9 Å². The Morgan fingerprint density at radius 2 is 1.64 bits per heavy atom. The molecule has 0 aromatic heterocycles. The van der Waals surface area contributed by atoms with Crippen molar-refractivity contribution in [1.82, 2.24) is 4.31 Å². The Hall–Kier alpha value is -1.11. The lowest BCUT2D eigenvalue weighted by atomic mass is 10.0. The van der Waals surface area contributed by atoms with Crippen LogP contribution in [0.3, 0.4) is 0 Å². The molecule has 0 aliphatic carbocycles. The first-order valence-corrected chi connectivity index (χ1v) is 9.40. The summed E-state index contributed by atoms with van der Waals surface area (Å²) in [6.45, 7) is 7.67. The summed E-state index contributed by atoms with van der Waals surface area (Å²) < 4.78 is 31.4. The molecule has 3 rings (SSSR count). The SMILES string of the molecule is CC(C)c1ccc(N2CCN(S(=O)(=O)C3COC3)CC2)cc1. The van der Waals surface area contributed by atoms with Crippen LogP contribution in [-0.4, -0.2) is 57.4 Å². The van der Waals surface area contributed by atoms with Crippen LogP contribution in [0.1, 0.15) is 25.3 Å². The number of anilines is 1. The first-order chi connectivity index (χ1) is 10.5. The lowest BCUT2D eigenvalue weighted by Gasteiger charge is -2.38. The summed E-state index contributed by atoms with van der Waals surface area (Å²) >= 11 is 0. The standard InChI is InChI=1S/C16H24N2O3S/c1-13(2)14-3-5-15(6-4-14)17-7-9-18(10-8-17)22(19,20)16-11-21-12-16/h3-6,13,16H,7-12H2,1-2H3. The van der Waals surface area contributed by atoms with Crippen molar-refractivity contribution in [3.8, 4) is 0 Å². The molecule has 0 saturated carbocycles. The van der Waals surface area contributed by atoms with Gasteiger partial charge in [-0.25, -0.2) is 8.42 Å². The van der Waals surface area contributed by atoms with Crippen LogP contribution in [0, 0.1) is 0 Å². The highest BCUT2D eigenvalue weighted by Gasteiger charge is 2.38. The predicted octanol–water partition coefficient (Wildman–Crippen LogP) is 1.66. The Kier molecular flexibility index (Phi) is 4.43. The summed E-state index contributed by atoms with van der Waals surface area (Å²) in [6, 6.07) is 8.60. The van der Waals surface area contributed by atoms with Crippen molar-refractivity contribution in [2.45, 2.75) is 25.0 Å². The van der Waals surface area contributed by atoms with Crippen LogP contribution in [-0.2, 0) is 14.8 Å². The van der Waals surface area contributed by atoms with Gasteiger partial charge in [0.15, 0.2) is 0 Å². The molecule has 2 aliphatic heterocycles. The fourth-order valence-corrected chi connectivity index (χ4v) is 4.50. The van der Waals surface area contributed by atoms with Gasteiger partial charge in [-0.2, -0.15) is 4.31 Å². The normalized spacial score (nSPS) is 21.1. The number of ether oxygens (including phenoxy) is 1. The molecule has 0 radical (unpaired) electrons. The van der Waals surface area contributed by atoms with Gasteiger partial charge in [0.1, 0.15) is 5.25 Å². The number of rotatable bonds is 4. The van der Waals surface area contributed by atoms with E-state index in [1.54, 1.807) is 4.31 Å². The Labute approximate surface area is 132 Å². The monoisotopic (exact) mass is 324 g/mol. The van der Waals surface area contributed by atoms with Gasteiger partial charge < -0.3 is 9.64 Å². The fraction of sp³-hybridized carbons (Fsp3) is 0.625. The maximum Gasteiger partial charge on any atom is 0.221 e. The van der Waals surface area contributed by atoms with E-state index in [-0.39, 0.29) is 5.25 Å². The van der Waals surface area contributed by atoms with E-state index in [2.05, 4.69) is 43.0 Å². The number of piperazine rings is 1. The molecule has 0 amide bonds. The molecule has 1 aromatic rings. The van der Waals surface area contributed by atoms with Crippen molar-refractivity contribution in [2.24, 2.45) is 0 Å². The molecule has 2 saturated heterocycles. The number of benzene rings is 1. The zero-order chi connectivity index (χ0) is 15.7. The first kappa shape index (κ1) is 15.8. The Bertz CT molecular complexity index is 601. The highest BCUT2D eigenvalue weighted by atomic mass is 32.2. The molecule has 0 bridgehead atoms. The molecule has 6 heteroatoms. The lowest BCUT2D eigenvalue weighted by Crippen LogP contribution is -2.55. The van der Waals surface area contributed by atoms with E-state index < -0.39 is 10.0 Å². The summed E-state index contributed by atoms with van der Waals surface area (Å²) in [5, 5.41) is -0.329. The average Bonchev–Trinajstić information content (AvgIpc) is 2.45. The van der Waals surface area contributed by atoms with E-state index in [0.29, 0.717) is 32.2 Å². The topological polar surface area (TPSA) is 49.9 Å². The largest absolute Gasteiger partial charge is 0.378 e. The van der Waals surface area contributed by atoms with Crippen molar-refractivity contribution in [3.63, 3.8) is 0 Å². The van der Waals surface area contributed by atoms with Crippen molar-refractivity contribution in [3.05, 3.63) is 29.8 Å². The second kappa shape index (κ2) is 6.18. The minimum absolute atomic E-state index is 0.329. The van der Waals surface area contributed by atoms with Crippen LogP contribution < -0.4 is 4.90 Å². The van der Waals surface area contributed by atoms with Gasteiger partial charge in [-0.15, -0.1) is 0 Å². The van der Waals surface area contributed by atoms with E-state index in [4.69, 9.17) is 4.74 Å². The Morgan fingerprint density at radius 1 is 1.05 bits per heavy atom. The van der Waals surface area contributed by atoms with Gasteiger partial charge in [0.25, 0.3) is 0 Å². The Morgan fingerprint density at radius 3 is 2.09 bits per heavy atom. The van der Waals surface area contributed by atoms with Gasteiger partial charge in [0.05, 0.1) is 13.2 Å². The van der Waals surface area contributed by atoms with Gasteiger partial charge in [0.2, 0.25) is 10.0 Å². The van der Waals surface area contributed by atoms with Gasteiger partial charge in [-0.05, 0) is 23.6 Å². The third kappa shape index (κ3) is 3.00. The molecule has 0 spiro atoms. The second-order valence-electron chi connectivity index (χ2n) is 6.34. The molecule has 2 heterocycles. The summed E-state index contributed by atoms with van der Waals surface area (Å²) in [7, 11) is -3.17. The molecule has 1 aromatic carbocycles. The highest BCUT2D eigenvalue weighted by Crippen LogP contribution is 2.23. The number of sulfonamides is 1. The summed E-state index contributed by atoms with van der Waals surface area (Å²) in [4.78, 5) is 2.26. The van der Waals surface area contributed by atoms with Crippen LogP contribution >= 0.6 is 0 Å². The van der Waals surface area contributed by atoms with E-state index in [9.17, 15) is 8.42 Å². The number of hydrogen-bond donors (Lipinski definition) is 0. The minimum Gasteiger partial charge on any atom is -0.378 e. The van der Waals surface area contributed by atoms with Gasteiger partial charge in [-0.3, -0.25) is 0 Å². The average molecular weight is 324 g/mol. The molecule has 0 N–H and O–H groups in total. The molecule has 2 fully saturated rings. The zero-order valence-corrected chi connectivity index (χ0v) is 14.1. The van der Waals surface area contributed by atoms with Crippen LogP contribution in [0.15, 0.2) is 24.3 Å². The lowest BCUT2D eigenvalue weighted by molar-refractivity contribution is 0.0391. The van der Waals surface area contributed by atoms with E-state index >= 15 is 0 Å². The van der Waals surface area contributed by atoms with Crippen LogP contribution in [0.4, 0.5) is 5.69 Å². The molecule has 0 unspecified atom stereocenters. The second-order valence-corrected chi connectivity index (χ2v) is 8.55. The number of nitrogens with zero attached hydrogens (tertiary/aromatic N) is 2. The molecular weight excluding hydrogens is 300 g/mol. The molecule has 0 atom stereocenters. The zero-order valence-electron chi connectivity index (χ0n) is 13.2. The Balaban J connectivity index is 1.61. The smallest absolute Gasteiger partial charge is 0.221 e. The maximum absolute atomic E-state index is 12.4. The summed E-state index contributed by atoms with van der Waals surface area (Å²) in [6.07, 6.45) is 0. The van der Waals surface area contributed by atoms with Crippen molar-refractivity contribution >= 4 is 15.7 Å². The van der Waals surface area contributed by atoms with Crippen LogP contribution in [0.2, 0.25) is 0 Å². The molecule has 22 heavy (non-hydrogen) atoms. The van der Waals surface area contributed by atoms with E-state index in [0.717, 1.165) is 13.1 Å². The molecule has 122 valence electrons. The third-order valence-electron chi connectivity index (χ3n) is 4.55. The molecule has 2 aliphatic rings. The maximum atomic E-state index is 12.4. The highest BCUT2D eigenvalue weighted by molar-refractivity contribution is 7.89. The third-order valence-corrected chi connectivity index (χ3v) is 6.75. The first-order valence-electron chi connectivity index (χ1n) is 7.90.